The predicted octanol–water partition coefficient (Wildman–Crippen LogP) is 14.0. The van der Waals surface area contributed by atoms with Crippen molar-refractivity contribution in [2.75, 3.05) is 9.80 Å². The first kappa shape index (κ1) is 38.8. The zero-order valence-electron chi connectivity index (χ0n) is 36.8. The first-order valence-corrected chi connectivity index (χ1v) is 22.4. The third kappa shape index (κ3) is 5.79. The van der Waals surface area contributed by atoms with E-state index in [-0.39, 0.29) is 28.8 Å². The van der Waals surface area contributed by atoms with Gasteiger partial charge in [-0.2, -0.15) is 0 Å². The van der Waals surface area contributed by atoms with Gasteiger partial charge in [-0.15, -0.1) is 11.3 Å². The first-order valence-electron chi connectivity index (χ1n) is 21.6. The third-order valence-corrected chi connectivity index (χ3v) is 15.1. The molecular formula is C55H54BFN2S. The average molecular weight is 805 g/mol. The van der Waals surface area contributed by atoms with Gasteiger partial charge in [0.25, 0.3) is 6.71 Å². The van der Waals surface area contributed by atoms with Gasteiger partial charge < -0.3 is 9.80 Å². The molecule has 3 heterocycles. The largest absolute Gasteiger partial charge is 0.311 e. The van der Waals surface area contributed by atoms with Gasteiger partial charge >= 0.3 is 0 Å². The summed E-state index contributed by atoms with van der Waals surface area (Å²) in [5.41, 5.74) is 19.9. The summed E-state index contributed by atoms with van der Waals surface area (Å²) in [5, 5.41) is 1.32. The second-order valence-corrected chi connectivity index (χ2v) is 21.1. The van der Waals surface area contributed by atoms with E-state index in [1.807, 2.05) is 17.4 Å². The van der Waals surface area contributed by atoms with Crippen LogP contribution in [0.25, 0.3) is 27.3 Å². The number of nitrogens with zero attached hydrogens (tertiary/aromatic N) is 2. The maximum Gasteiger partial charge on any atom is 0.264 e. The van der Waals surface area contributed by atoms with Crippen molar-refractivity contribution in [1.29, 1.82) is 0 Å². The molecule has 0 saturated carbocycles. The van der Waals surface area contributed by atoms with Crippen LogP contribution >= 0.6 is 11.3 Å². The normalized spacial score (nSPS) is 16.0. The summed E-state index contributed by atoms with van der Waals surface area (Å²) >= 11 is 1.96. The van der Waals surface area contributed by atoms with Crippen LogP contribution in [0.15, 0.2) is 110 Å². The lowest BCUT2D eigenvalue weighted by Crippen LogP contribution is -2.60. The average Bonchev–Trinajstić information content (AvgIpc) is 3.57. The maximum absolute atomic E-state index is 16.0. The summed E-state index contributed by atoms with van der Waals surface area (Å²) in [7, 11) is 0. The third-order valence-electron chi connectivity index (χ3n) is 13.9. The van der Waals surface area contributed by atoms with Crippen molar-refractivity contribution in [2.45, 2.75) is 98.3 Å². The molecule has 0 spiro atoms. The fourth-order valence-electron chi connectivity index (χ4n) is 10.5. The monoisotopic (exact) mass is 804 g/mol. The molecule has 5 heteroatoms. The van der Waals surface area contributed by atoms with Crippen LogP contribution in [0.1, 0.15) is 100 Å². The van der Waals surface area contributed by atoms with Gasteiger partial charge in [-0.05, 0) is 154 Å². The van der Waals surface area contributed by atoms with Crippen LogP contribution in [0.3, 0.4) is 0 Å². The Morgan fingerprint density at radius 3 is 2.07 bits per heavy atom. The number of hydrogen-bond acceptors (Lipinski definition) is 3. The van der Waals surface area contributed by atoms with Gasteiger partial charge in [0.05, 0.1) is 5.69 Å². The summed E-state index contributed by atoms with van der Waals surface area (Å²) in [6.07, 6.45) is 4.10. The Morgan fingerprint density at radius 2 is 1.40 bits per heavy atom. The van der Waals surface area contributed by atoms with Crippen LogP contribution in [0, 0.1) is 26.6 Å². The molecule has 0 bridgehead atoms. The molecule has 2 aliphatic heterocycles. The molecule has 1 aromatic heterocycles. The smallest absolute Gasteiger partial charge is 0.264 e. The molecule has 7 aromatic rings. The Labute approximate surface area is 360 Å². The van der Waals surface area contributed by atoms with Crippen molar-refractivity contribution in [3.63, 3.8) is 0 Å². The van der Waals surface area contributed by atoms with Gasteiger partial charge in [-0.25, -0.2) is 4.39 Å². The standard InChI is InChI=1S/C55H54BFN2S/c1-12-35-14-13-15-43(57)49(35)36-17-22-42-45(29-36)59(44-23-16-32(2)26-34(44)4)47-28-33(3)27-46-50(47)56(42)52-51(58(46)38-20-18-37(19-21-38)53(5,6)7)39-30-40-41(31-48(39)60-52)55(10,11)25-24-54(40,8)9/h12-23,26-31H,1,24-25H2,2-11H3. The summed E-state index contributed by atoms with van der Waals surface area (Å²) in [5.74, 6) is -0.243. The van der Waals surface area contributed by atoms with Gasteiger partial charge in [0.2, 0.25) is 0 Å². The highest BCUT2D eigenvalue weighted by molar-refractivity contribution is 7.33. The van der Waals surface area contributed by atoms with E-state index in [1.165, 1.54) is 88.3 Å². The maximum atomic E-state index is 16.0. The Morgan fingerprint density at radius 1 is 0.717 bits per heavy atom. The molecular weight excluding hydrogens is 750 g/mol. The second-order valence-electron chi connectivity index (χ2n) is 20.1. The van der Waals surface area contributed by atoms with Crippen LogP contribution in [0.4, 0.5) is 38.5 Å². The van der Waals surface area contributed by atoms with Gasteiger partial charge in [0.15, 0.2) is 0 Å². The Balaban J connectivity index is 1.33. The number of aryl methyl sites for hydroxylation is 3. The van der Waals surface area contributed by atoms with Gasteiger partial charge in [-0.1, -0.05) is 115 Å². The van der Waals surface area contributed by atoms with Crippen LogP contribution in [-0.4, -0.2) is 6.71 Å². The number of fused-ring (bicyclic) bond motifs is 7. The molecule has 300 valence electrons. The number of thiophene rings is 1. The fraction of sp³-hybridized carbons (Fsp3) is 0.273. The van der Waals surface area contributed by atoms with Crippen molar-refractivity contribution < 1.29 is 4.39 Å². The highest BCUT2D eigenvalue weighted by atomic mass is 32.1. The summed E-state index contributed by atoms with van der Waals surface area (Å²) in [4.78, 5) is 5.05. The zero-order valence-corrected chi connectivity index (χ0v) is 37.6. The van der Waals surface area contributed by atoms with Crippen LogP contribution in [0.5, 0.6) is 0 Å². The van der Waals surface area contributed by atoms with Crippen molar-refractivity contribution in [2.24, 2.45) is 0 Å². The van der Waals surface area contributed by atoms with Crippen molar-refractivity contribution >= 4 is 84.0 Å². The Kier molecular flexibility index (Phi) is 8.60. The fourth-order valence-corrected chi connectivity index (χ4v) is 11.9. The molecule has 2 nitrogen and oxygen atoms in total. The van der Waals surface area contributed by atoms with Crippen molar-refractivity contribution in [3.05, 3.63) is 154 Å². The minimum Gasteiger partial charge on any atom is -0.311 e. The lowest BCUT2D eigenvalue weighted by Gasteiger charge is -2.44. The van der Waals surface area contributed by atoms with Crippen LogP contribution in [0.2, 0.25) is 0 Å². The molecule has 3 aliphatic rings. The van der Waals surface area contributed by atoms with E-state index in [0.717, 1.165) is 28.9 Å². The lowest BCUT2D eigenvalue weighted by atomic mass is 9.36. The van der Waals surface area contributed by atoms with Gasteiger partial charge in [0, 0.05) is 48.9 Å². The molecule has 6 aromatic carbocycles. The molecule has 0 N–H and O–H groups in total. The molecule has 0 fully saturated rings. The molecule has 0 saturated heterocycles. The quantitative estimate of drug-likeness (QED) is 0.164. The number of benzene rings is 6. The molecule has 0 radical (unpaired) electrons. The minimum absolute atomic E-state index is 0.0308. The van der Waals surface area contributed by atoms with E-state index in [2.05, 4.69) is 171 Å². The summed E-state index contributed by atoms with van der Waals surface area (Å²) in [6.45, 7) is 27.2. The summed E-state index contributed by atoms with van der Waals surface area (Å²) in [6, 6.07) is 37.9. The number of rotatable bonds is 4. The van der Waals surface area contributed by atoms with E-state index < -0.39 is 0 Å². The van der Waals surface area contributed by atoms with E-state index >= 15 is 4.39 Å². The molecule has 0 unspecified atom stereocenters. The van der Waals surface area contributed by atoms with E-state index in [4.69, 9.17) is 0 Å². The van der Waals surface area contributed by atoms with Crippen molar-refractivity contribution in [1.82, 2.24) is 0 Å². The first-order chi connectivity index (χ1) is 28.5. The van der Waals surface area contributed by atoms with Gasteiger partial charge in [0.1, 0.15) is 5.82 Å². The minimum atomic E-state index is -0.243. The van der Waals surface area contributed by atoms with Gasteiger partial charge in [-0.3, -0.25) is 0 Å². The number of hydrogen-bond donors (Lipinski definition) is 0. The number of anilines is 6. The highest BCUT2D eigenvalue weighted by Crippen LogP contribution is 2.53. The zero-order chi connectivity index (χ0) is 42.2. The SMILES string of the molecule is C=Cc1cccc(F)c1-c1ccc2c(c1)N(c1ccc(C)cc1C)c1cc(C)cc3c1B2c1sc2cc4c(cc2c1N3c1ccc(C(C)(C)C)cc1)C(C)(C)CCC4(C)C. The predicted molar refractivity (Wildman–Crippen MR) is 260 cm³/mol. The van der Waals surface area contributed by atoms with Crippen LogP contribution in [-0.2, 0) is 16.2 Å². The lowest BCUT2D eigenvalue weighted by molar-refractivity contribution is 0.332. The highest BCUT2D eigenvalue weighted by Gasteiger charge is 2.47. The van der Waals surface area contributed by atoms with E-state index in [1.54, 1.807) is 18.2 Å². The number of halogens is 1. The molecule has 0 atom stereocenters. The topological polar surface area (TPSA) is 6.48 Å². The summed E-state index contributed by atoms with van der Waals surface area (Å²) < 4.78 is 18.7. The van der Waals surface area contributed by atoms with Crippen molar-refractivity contribution in [3.8, 4) is 11.1 Å². The van der Waals surface area contributed by atoms with E-state index in [9.17, 15) is 0 Å². The molecule has 60 heavy (non-hydrogen) atoms. The van der Waals surface area contributed by atoms with E-state index in [0.29, 0.717) is 5.56 Å². The van der Waals surface area contributed by atoms with Crippen LogP contribution < -0.4 is 25.5 Å². The Hall–Kier alpha value is -5.39. The molecule has 0 amide bonds. The Bertz CT molecular complexity index is 2940. The second kappa shape index (κ2) is 13.3. The molecule has 10 rings (SSSR count). The molecule has 1 aliphatic carbocycles.